The first kappa shape index (κ1) is 13.1. The molecule has 0 aliphatic carbocycles. The Bertz CT molecular complexity index is 453. The maximum absolute atomic E-state index is 11.4. The summed E-state index contributed by atoms with van der Waals surface area (Å²) in [5.41, 5.74) is 1.92. The minimum Gasteiger partial charge on any atom is -0.464 e. The third-order valence-electron chi connectivity index (χ3n) is 3.25. The third-order valence-corrected chi connectivity index (χ3v) is 3.25. The fourth-order valence-electron chi connectivity index (χ4n) is 2.32. The van der Waals surface area contributed by atoms with Gasteiger partial charge in [0, 0.05) is 13.1 Å². The first-order valence-electron chi connectivity index (χ1n) is 5.96. The fraction of sp³-hybridized carbons (Fsp3) is 0.583. The van der Waals surface area contributed by atoms with Gasteiger partial charge >= 0.3 is 0 Å². The number of hydrazine groups is 1. The van der Waals surface area contributed by atoms with Gasteiger partial charge in [-0.2, -0.15) is 0 Å². The van der Waals surface area contributed by atoms with Crippen LogP contribution in [0.1, 0.15) is 35.2 Å². The highest BCUT2D eigenvalue weighted by atomic mass is 16.3. The number of nitrogen functional groups attached to an aromatic ring is 1. The lowest BCUT2D eigenvalue weighted by Crippen LogP contribution is -2.30. The average Bonchev–Trinajstić information content (AvgIpc) is 2.81. The summed E-state index contributed by atoms with van der Waals surface area (Å²) in [6, 6.07) is 1.70. The molecule has 18 heavy (non-hydrogen) atoms. The van der Waals surface area contributed by atoms with Gasteiger partial charge in [0.1, 0.15) is 11.5 Å². The molecular weight excluding hydrogens is 234 g/mol. The van der Waals surface area contributed by atoms with Crippen LogP contribution < -0.4 is 11.3 Å². The van der Waals surface area contributed by atoms with E-state index in [4.69, 9.17) is 10.3 Å². The Kier molecular flexibility index (Phi) is 3.43. The van der Waals surface area contributed by atoms with Gasteiger partial charge in [-0.3, -0.25) is 15.1 Å². The summed E-state index contributed by atoms with van der Waals surface area (Å²) in [7, 11) is 0. The van der Waals surface area contributed by atoms with Crippen LogP contribution in [-0.2, 0) is 6.54 Å². The third kappa shape index (κ3) is 2.72. The Hall–Kier alpha value is -1.37. The maximum atomic E-state index is 11.4. The molecule has 1 aromatic rings. The normalized spacial score (nSPS) is 24.4. The molecule has 2 rings (SSSR count). The molecule has 1 amide bonds. The van der Waals surface area contributed by atoms with Crippen molar-refractivity contribution in [1.82, 2.24) is 10.3 Å². The van der Waals surface area contributed by atoms with E-state index in [9.17, 15) is 9.90 Å². The molecule has 0 bridgehead atoms. The van der Waals surface area contributed by atoms with Crippen LogP contribution in [0.15, 0.2) is 10.5 Å². The van der Waals surface area contributed by atoms with Crippen molar-refractivity contribution in [2.24, 2.45) is 5.84 Å². The minimum absolute atomic E-state index is 0.351. The molecule has 6 heteroatoms. The molecule has 1 aliphatic rings. The topological polar surface area (TPSA) is 91.7 Å². The molecule has 1 aliphatic heterocycles. The number of amides is 1. The monoisotopic (exact) mass is 253 g/mol. The molecule has 1 fully saturated rings. The zero-order valence-corrected chi connectivity index (χ0v) is 10.7. The molecule has 1 aromatic heterocycles. The Balaban J connectivity index is 2.05. The Morgan fingerprint density at radius 1 is 1.72 bits per heavy atom. The van der Waals surface area contributed by atoms with Crippen LogP contribution in [0.2, 0.25) is 0 Å². The molecule has 4 N–H and O–H groups in total. The highest BCUT2D eigenvalue weighted by Gasteiger charge is 2.31. The molecule has 0 radical (unpaired) electrons. The lowest BCUT2D eigenvalue weighted by atomic mass is 10.1. The van der Waals surface area contributed by atoms with E-state index in [0.29, 0.717) is 30.2 Å². The van der Waals surface area contributed by atoms with Gasteiger partial charge in [0.05, 0.1) is 17.7 Å². The minimum atomic E-state index is -0.626. The van der Waals surface area contributed by atoms with Crippen LogP contribution in [0.5, 0.6) is 0 Å². The molecule has 2 heterocycles. The molecule has 0 saturated carbocycles. The van der Waals surface area contributed by atoms with E-state index in [1.165, 1.54) is 0 Å². The lowest BCUT2D eigenvalue weighted by Gasteiger charge is -2.17. The van der Waals surface area contributed by atoms with E-state index in [-0.39, 0.29) is 5.91 Å². The predicted molar refractivity (Wildman–Crippen MR) is 65.6 cm³/mol. The summed E-state index contributed by atoms with van der Waals surface area (Å²) in [4.78, 5) is 13.5. The maximum Gasteiger partial charge on any atom is 0.268 e. The number of nitrogens with one attached hydrogen (secondary N) is 1. The molecule has 0 spiro atoms. The molecule has 100 valence electrons. The van der Waals surface area contributed by atoms with E-state index >= 15 is 0 Å². The summed E-state index contributed by atoms with van der Waals surface area (Å²) in [5, 5.41) is 9.88. The number of hydrogen-bond donors (Lipinski definition) is 3. The van der Waals surface area contributed by atoms with Gasteiger partial charge in [0.15, 0.2) is 0 Å². The largest absolute Gasteiger partial charge is 0.464 e. The van der Waals surface area contributed by atoms with Crippen LogP contribution >= 0.6 is 0 Å². The van der Waals surface area contributed by atoms with E-state index in [1.807, 2.05) is 6.92 Å². The van der Waals surface area contributed by atoms with Crippen molar-refractivity contribution in [3.63, 3.8) is 0 Å². The number of aryl methyl sites for hydroxylation is 1. The summed E-state index contributed by atoms with van der Waals surface area (Å²) in [6.07, 6.45) is 0.753. The van der Waals surface area contributed by atoms with Crippen molar-refractivity contribution in [2.45, 2.75) is 32.4 Å². The number of nitrogens with zero attached hydrogens (tertiary/aromatic N) is 1. The first-order chi connectivity index (χ1) is 8.41. The van der Waals surface area contributed by atoms with Crippen molar-refractivity contribution in [3.8, 4) is 0 Å². The number of aliphatic hydroxyl groups is 1. The average molecular weight is 253 g/mol. The molecule has 1 atom stereocenters. The molecular formula is C12H19N3O3. The number of hydrogen-bond acceptors (Lipinski definition) is 5. The van der Waals surface area contributed by atoms with Gasteiger partial charge in [-0.25, -0.2) is 5.84 Å². The van der Waals surface area contributed by atoms with E-state index in [2.05, 4.69) is 10.3 Å². The number of likely N-dealkylation sites (tertiary alicyclic amines) is 1. The second-order valence-electron chi connectivity index (χ2n) is 5.11. The van der Waals surface area contributed by atoms with Gasteiger partial charge in [0.2, 0.25) is 0 Å². The predicted octanol–water partition coefficient (Wildman–Crippen LogP) is 0.148. The molecule has 1 unspecified atom stereocenters. The standard InChI is InChI=1S/C12H19N3O3/c1-8-10(11(16)14-13)5-9(18-8)6-15-4-3-12(2,17)7-15/h5,17H,3-4,6-7,13H2,1-2H3,(H,14,16). The second-order valence-corrected chi connectivity index (χ2v) is 5.11. The van der Waals surface area contributed by atoms with Gasteiger partial charge in [-0.15, -0.1) is 0 Å². The fourth-order valence-corrected chi connectivity index (χ4v) is 2.32. The van der Waals surface area contributed by atoms with Gasteiger partial charge < -0.3 is 9.52 Å². The second kappa shape index (κ2) is 4.72. The highest BCUT2D eigenvalue weighted by Crippen LogP contribution is 2.23. The summed E-state index contributed by atoms with van der Waals surface area (Å²) in [5.74, 6) is 6.01. The Morgan fingerprint density at radius 2 is 2.44 bits per heavy atom. The Labute approximate surface area is 106 Å². The van der Waals surface area contributed by atoms with Gasteiger partial charge in [-0.05, 0) is 26.3 Å². The highest BCUT2D eigenvalue weighted by molar-refractivity contribution is 5.94. The van der Waals surface area contributed by atoms with Crippen LogP contribution in [0.4, 0.5) is 0 Å². The molecule has 1 saturated heterocycles. The van der Waals surface area contributed by atoms with Crippen LogP contribution in [0.3, 0.4) is 0 Å². The summed E-state index contributed by atoms with van der Waals surface area (Å²) < 4.78 is 5.53. The number of carbonyl (C=O) groups is 1. The Morgan fingerprint density at radius 3 is 3.00 bits per heavy atom. The van der Waals surface area contributed by atoms with Crippen LogP contribution in [-0.4, -0.2) is 34.6 Å². The van der Waals surface area contributed by atoms with Crippen molar-refractivity contribution in [2.75, 3.05) is 13.1 Å². The van der Waals surface area contributed by atoms with Crippen LogP contribution in [0.25, 0.3) is 0 Å². The van der Waals surface area contributed by atoms with E-state index in [0.717, 1.165) is 13.0 Å². The van der Waals surface area contributed by atoms with Crippen molar-refractivity contribution < 1.29 is 14.3 Å². The SMILES string of the molecule is Cc1oc(CN2CCC(C)(O)C2)cc1C(=O)NN. The zero-order chi connectivity index (χ0) is 13.3. The van der Waals surface area contributed by atoms with Crippen molar-refractivity contribution in [3.05, 3.63) is 23.2 Å². The lowest BCUT2D eigenvalue weighted by molar-refractivity contribution is 0.0670. The summed E-state index contributed by atoms with van der Waals surface area (Å²) >= 11 is 0. The van der Waals surface area contributed by atoms with Crippen molar-refractivity contribution >= 4 is 5.91 Å². The van der Waals surface area contributed by atoms with E-state index < -0.39 is 5.60 Å². The quantitative estimate of drug-likeness (QED) is 0.405. The van der Waals surface area contributed by atoms with E-state index in [1.54, 1.807) is 13.0 Å². The van der Waals surface area contributed by atoms with Crippen LogP contribution in [0, 0.1) is 6.92 Å². The number of nitrogens with two attached hydrogens (primary N) is 1. The van der Waals surface area contributed by atoms with Gasteiger partial charge in [0.25, 0.3) is 5.91 Å². The molecule has 0 aromatic carbocycles. The number of β-amino-alcohol motifs (C(OH)–C–C–N with tert-alkyl or cyclic N) is 1. The number of furan rings is 1. The zero-order valence-electron chi connectivity index (χ0n) is 10.7. The summed E-state index contributed by atoms with van der Waals surface area (Å²) in [6.45, 7) is 5.59. The number of carbonyl (C=O) groups excluding carboxylic acids is 1. The first-order valence-corrected chi connectivity index (χ1v) is 5.96. The molecule has 6 nitrogen and oxygen atoms in total. The number of rotatable bonds is 3. The van der Waals surface area contributed by atoms with Crippen molar-refractivity contribution in [1.29, 1.82) is 0 Å². The van der Waals surface area contributed by atoms with Gasteiger partial charge in [-0.1, -0.05) is 0 Å². The smallest absolute Gasteiger partial charge is 0.268 e.